The molecule has 2 N–H and O–H groups in total. The van der Waals surface area contributed by atoms with Crippen molar-refractivity contribution >= 4 is 17.2 Å². The number of thiazole rings is 1. The van der Waals surface area contributed by atoms with E-state index in [-0.39, 0.29) is 5.91 Å². The Hall–Kier alpha value is -2.47. The number of aromatic nitrogens is 3. The first kappa shape index (κ1) is 14.5. The Bertz CT molecular complexity index is 747. The summed E-state index contributed by atoms with van der Waals surface area (Å²) < 4.78 is 0. The van der Waals surface area contributed by atoms with Gasteiger partial charge in [-0.05, 0) is 13.0 Å². The molecular formula is C16H16N4OS. The van der Waals surface area contributed by atoms with Crippen LogP contribution in [0, 0.1) is 6.92 Å². The van der Waals surface area contributed by atoms with Crippen LogP contribution in [0.25, 0.3) is 10.6 Å². The highest BCUT2D eigenvalue weighted by Crippen LogP contribution is 2.24. The summed E-state index contributed by atoms with van der Waals surface area (Å²) >= 11 is 1.63. The summed E-state index contributed by atoms with van der Waals surface area (Å²) in [6.07, 6.45) is 2.27. The molecule has 0 saturated carbocycles. The van der Waals surface area contributed by atoms with Crippen LogP contribution in [0.4, 0.5) is 0 Å². The molecule has 0 spiro atoms. The highest BCUT2D eigenvalue weighted by atomic mass is 32.1. The molecule has 2 aromatic heterocycles. The van der Waals surface area contributed by atoms with Crippen LogP contribution >= 0.6 is 11.3 Å². The maximum atomic E-state index is 11.8. The Morgan fingerprint density at radius 2 is 2.09 bits per heavy atom. The number of aromatic amines is 1. The monoisotopic (exact) mass is 312 g/mol. The summed E-state index contributed by atoms with van der Waals surface area (Å²) in [4.78, 5) is 16.4. The van der Waals surface area contributed by atoms with E-state index in [0.29, 0.717) is 18.7 Å². The molecule has 0 atom stereocenters. The molecular weight excluding hydrogens is 296 g/mol. The van der Waals surface area contributed by atoms with Gasteiger partial charge < -0.3 is 5.32 Å². The van der Waals surface area contributed by atoms with Gasteiger partial charge >= 0.3 is 0 Å². The van der Waals surface area contributed by atoms with Crippen LogP contribution in [0.5, 0.6) is 0 Å². The fraction of sp³-hybridized carbons (Fsp3) is 0.188. The molecule has 0 aliphatic carbocycles. The van der Waals surface area contributed by atoms with Gasteiger partial charge in [-0.25, -0.2) is 4.98 Å². The molecule has 6 heteroatoms. The van der Waals surface area contributed by atoms with Gasteiger partial charge in [0.15, 0.2) is 0 Å². The second-order valence-electron chi connectivity index (χ2n) is 4.99. The third kappa shape index (κ3) is 3.40. The first-order chi connectivity index (χ1) is 10.7. The van der Waals surface area contributed by atoms with E-state index in [2.05, 4.69) is 51.7 Å². The molecule has 0 bridgehead atoms. The van der Waals surface area contributed by atoms with Crippen molar-refractivity contribution in [2.24, 2.45) is 0 Å². The maximum Gasteiger partial charge on any atom is 0.269 e. The van der Waals surface area contributed by atoms with Crippen LogP contribution in [0.15, 0.2) is 41.9 Å². The Morgan fingerprint density at radius 3 is 2.82 bits per heavy atom. The van der Waals surface area contributed by atoms with Crippen molar-refractivity contribution in [2.45, 2.75) is 13.3 Å². The minimum absolute atomic E-state index is 0.147. The number of aryl methyl sites for hydroxylation is 1. The average Bonchev–Trinajstić information content (AvgIpc) is 3.19. The Kier molecular flexibility index (Phi) is 4.29. The van der Waals surface area contributed by atoms with Crippen LogP contribution in [-0.2, 0) is 6.42 Å². The lowest BCUT2D eigenvalue weighted by Crippen LogP contribution is -2.26. The zero-order valence-electron chi connectivity index (χ0n) is 12.2. The van der Waals surface area contributed by atoms with Gasteiger partial charge in [-0.1, -0.05) is 29.8 Å². The lowest BCUT2D eigenvalue weighted by molar-refractivity contribution is 0.0949. The summed E-state index contributed by atoms with van der Waals surface area (Å²) in [6.45, 7) is 2.62. The number of nitrogens with zero attached hydrogens (tertiary/aromatic N) is 2. The van der Waals surface area contributed by atoms with Gasteiger partial charge in [-0.3, -0.25) is 9.89 Å². The van der Waals surface area contributed by atoms with Gasteiger partial charge in [-0.15, -0.1) is 11.3 Å². The smallest absolute Gasteiger partial charge is 0.269 e. The summed E-state index contributed by atoms with van der Waals surface area (Å²) in [5.41, 5.74) is 3.83. The van der Waals surface area contributed by atoms with E-state index in [9.17, 15) is 4.79 Å². The third-order valence-corrected chi connectivity index (χ3v) is 4.20. The van der Waals surface area contributed by atoms with E-state index < -0.39 is 0 Å². The van der Waals surface area contributed by atoms with Crippen LogP contribution < -0.4 is 5.32 Å². The molecule has 0 fully saturated rings. The number of carbonyl (C=O) groups excluding carboxylic acids is 1. The number of hydrogen-bond acceptors (Lipinski definition) is 4. The molecule has 0 aliphatic heterocycles. The molecule has 0 saturated heterocycles. The largest absolute Gasteiger partial charge is 0.350 e. The van der Waals surface area contributed by atoms with Crippen molar-refractivity contribution in [2.75, 3.05) is 6.54 Å². The minimum Gasteiger partial charge on any atom is -0.350 e. The van der Waals surface area contributed by atoms with Crippen molar-refractivity contribution in [3.63, 3.8) is 0 Å². The number of carbonyl (C=O) groups is 1. The fourth-order valence-corrected chi connectivity index (χ4v) is 2.89. The first-order valence-electron chi connectivity index (χ1n) is 7.01. The van der Waals surface area contributed by atoms with Crippen LogP contribution in [0.1, 0.15) is 21.7 Å². The molecule has 112 valence electrons. The van der Waals surface area contributed by atoms with E-state index in [0.717, 1.165) is 16.3 Å². The van der Waals surface area contributed by atoms with Crippen LogP contribution in [0.2, 0.25) is 0 Å². The van der Waals surface area contributed by atoms with Crippen molar-refractivity contribution in [3.8, 4) is 10.6 Å². The second kappa shape index (κ2) is 6.53. The number of hydrogen-bond donors (Lipinski definition) is 2. The van der Waals surface area contributed by atoms with Crippen molar-refractivity contribution < 1.29 is 4.79 Å². The van der Waals surface area contributed by atoms with E-state index in [1.807, 2.05) is 5.38 Å². The normalized spacial score (nSPS) is 10.6. The van der Waals surface area contributed by atoms with Gasteiger partial charge in [0, 0.05) is 30.1 Å². The zero-order chi connectivity index (χ0) is 15.4. The summed E-state index contributed by atoms with van der Waals surface area (Å²) in [5.74, 6) is -0.147. The Morgan fingerprint density at radius 1 is 1.27 bits per heavy atom. The first-order valence-corrected chi connectivity index (χ1v) is 7.89. The van der Waals surface area contributed by atoms with Gasteiger partial charge in [0.25, 0.3) is 5.91 Å². The number of nitrogens with one attached hydrogen (secondary N) is 2. The summed E-state index contributed by atoms with van der Waals surface area (Å²) in [6, 6.07) is 9.98. The predicted octanol–water partition coefficient (Wildman–Crippen LogP) is 2.81. The van der Waals surface area contributed by atoms with Gasteiger partial charge in [0.05, 0.1) is 5.69 Å². The van der Waals surface area contributed by atoms with Crippen molar-refractivity contribution in [1.29, 1.82) is 0 Å². The SMILES string of the molecule is Cc1ccc(-c2nc(CCNC(=O)c3ccn[nH]3)cs2)cc1. The molecule has 22 heavy (non-hydrogen) atoms. The topological polar surface area (TPSA) is 70.7 Å². The van der Waals surface area contributed by atoms with E-state index in [4.69, 9.17) is 0 Å². The van der Waals surface area contributed by atoms with Gasteiger partial charge in [0.2, 0.25) is 0 Å². The highest BCUT2D eigenvalue weighted by molar-refractivity contribution is 7.13. The minimum atomic E-state index is -0.147. The van der Waals surface area contributed by atoms with Crippen LogP contribution in [0.3, 0.4) is 0 Å². The highest BCUT2D eigenvalue weighted by Gasteiger charge is 2.07. The molecule has 0 aliphatic rings. The number of H-pyrrole nitrogens is 1. The summed E-state index contributed by atoms with van der Waals surface area (Å²) in [7, 11) is 0. The van der Waals surface area contributed by atoms with E-state index in [1.165, 1.54) is 5.56 Å². The Balaban J connectivity index is 1.56. The van der Waals surface area contributed by atoms with Crippen molar-refractivity contribution in [3.05, 3.63) is 58.9 Å². The molecule has 5 nitrogen and oxygen atoms in total. The lowest BCUT2D eigenvalue weighted by atomic mass is 10.2. The quantitative estimate of drug-likeness (QED) is 0.761. The van der Waals surface area contributed by atoms with Crippen molar-refractivity contribution in [1.82, 2.24) is 20.5 Å². The van der Waals surface area contributed by atoms with Crippen LogP contribution in [-0.4, -0.2) is 27.6 Å². The van der Waals surface area contributed by atoms with Gasteiger partial charge in [-0.2, -0.15) is 5.10 Å². The molecule has 3 aromatic rings. The average molecular weight is 312 g/mol. The zero-order valence-corrected chi connectivity index (χ0v) is 13.0. The molecule has 1 amide bonds. The van der Waals surface area contributed by atoms with Gasteiger partial charge in [0.1, 0.15) is 10.7 Å². The molecule has 1 aromatic carbocycles. The fourth-order valence-electron chi connectivity index (χ4n) is 2.03. The molecule has 3 rings (SSSR count). The predicted molar refractivity (Wildman–Crippen MR) is 86.9 cm³/mol. The lowest BCUT2D eigenvalue weighted by Gasteiger charge is -2.01. The molecule has 0 unspecified atom stereocenters. The van der Waals surface area contributed by atoms with E-state index in [1.54, 1.807) is 23.6 Å². The summed E-state index contributed by atoms with van der Waals surface area (Å²) in [5, 5.41) is 12.3. The van der Waals surface area contributed by atoms with E-state index >= 15 is 0 Å². The Labute approximate surface area is 132 Å². The second-order valence-corrected chi connectivity index (χ2v) is 5.84. The number of benzene rings is 1. The molecule has 2 heterocycles. The molecule has 0 radical (unpaired) electrons. The standard InChI is InChI=1S/C16H16N4OS/c1-11-2-4-12(5-3-11)16-19-13(10-22-16)6-8-17-15(21)14-7-9-18-20-14/h2-5,7,9-10H,6,8H2,1H3,(H,17,21)(H,18,20). The number of rotatable bonds is 5. The third-order valence-electron chi connectivity index (χ3n) is 3.26. The number of amides is 1. The maximum absolute atomic E-state index is 11.8.